The van der Waals surface area contributed by atoms with Gasteiger partial charge in [-0.15, -0.1) is 6.58 Å². The van der Waals surface area contributed by atoms with E-state index in [2.05, 4.69) is 6.58 Å². The molecule has 0 saturated carbocycles. The molecule has 2 N–H and O–H groups in total. The van der Waals surface area contributed by atoms with Crippen molar-refractivity contribution in [2.24, 2.45) is 0 Å². The zero-order chi connectivity index (χ0) is 13.0. The molecule has 2 aromatic carbocycles. The van der Waals surface area contributed by atoms with E-state index in [0.717, 1.165) is 23.1 Å². The van der Waals surface area contributed by atoms with Crippen LogP contribution in [0, 0.1) is 0 Å². The maximum atomic E-state index is 9.69. The Morgan fingerprint density at radius 2 is 1.61 bits per heavy atom. The fourth-order valence-corrected chi connectivity index (χ4v) is 1.92. The lowest BCUT2D eigenvalue weighted by Crippen LogP contribution is -1.91. The predicted molar refractivity (Wildman–Crippen MR) is 72.9 cm³/mol. The summed E-state index contributed by atoms with van der Waals surface area (Å²) in [6, 6.07) is 12.8. The van der Waals surface area contributed by atoms with Crippen LogP contribution in [-0.4, -0.2) is 10.2 Å². The average Bonchev–Trinajstić information content (AvgIpc) is 2.37. The number of phenolic OH excluding ortho intramolecular Hbond substituents is 2. The Morgan fingerprint density at radius 1 is 0.944 bits per heavy atom. The molecule has 0 spiro atoms. The van der Waals surface area contributed by atoms with Crippen LogP contribution in [0.15, 0.2) is 55.1 Å². The molecule has 0 fully saturated rings. The van der Waals surface area contributed by atoms with E-state index >= 15 is 0 Å². The summed E-state index contributed by atoms with van der Waals surface area (Å²) in [5.74, 6) is 0.584. The topological polar surface area (TPSA) is 40.5 Å². The van der Waals surface area contributed by atoms with Crippen LogP contribution >= 0.6 is 0 Å². The fraction of sp³-hybridized carbons (Fsp3) is 0.125. The maximum Gasteiger partial charge on any atom is 0.119 e. The van der Waals surface area contributed by atoms with Crippen molar-refractivity contribution in [2.45, 2.75) is 12.8 Å². The van der Waals surface area contributed by atoms with E-state index < -0.39 is 0 Å². The Balaban J connectivity index is 2.21. The molecule has 0 aliphatic carbocycles. The molecule has 0 atom stereocenters. The second kappa shape index (κ2) is 5.41. The van der Waals surface area contributed by atoms with Crippen molar-refractivity contribution in [1.82, 2.24) is 0 Å². The Morgan fingerprint density at radius 3 is 2.28 bits per heavy atom. The molecule has 0 unspecified atom stereocenters. The predicted octanol–water partition coefficient (Wildman–Crippen LogP) is 3.42. The number of hydrogen-bond donors (Lipinski definition) is 2. The Labute approximate surface area is 107 Å². The van der Waals surface area contributed by atoms with Crippen molar-refractivity contribution in [1.29, 1.82) is 0 Å². The quantitative estimate of drug-likeness (QED) is 0.804. The van der Waals surface area contributed by atoms with Gasteiger partial charge in [-0.25, -0.2) is 0 Å². The van der Waals surface area contributed by atoms with Gasteiger partial charge in [-0.3, -0.25) is 0 Å². The summed E-state index contributed by atoms with van der Waals surface area (Å²) in [6.07, 6.45) is 3.22. The van der Waals surface area contributed by atoms with Crippen LogP contribution in [0.4, 0.5) is 0 Å². The number of allylic oxidation sites excluding steroid dienone is 1. The van der Waals surface area contributed by atoms with Crippen molar-refractivity contribution in [3.05, 3.63) is 71.8 Å². The molecule has 0 aromatic heterocycles. The normalized spacial score (nSPS) is 10.2. The first-order valence-corrected chi connectivity index (χ1v) is 5.88. The molecule has 18 heavy (non-hydrogen) atoms. The highest BCUT2D eigenvalue weighted by atomic mass is 16.3. The lowest BCUT2D eigenvalue weighted by Gasteiger charge is -2.06. The summed E-state index contributed by atoms with van der Waals surface area (Å²) in [5, 5.41) is 18.9. The summed E-state index contributed by atoms with van der Waals surface area (Å²) < 4.78 is 0. The number of benzene rings is 2. The van der Waals surface area contributed by atoms with Crippen molar-refractivity contribution in [3.8, 4) is 11.5 Å². The zero-order valence-electron chi connectivity index (χ0n) is 10.1. The molecule has 92 valence electrons. The van der Waals surface area contributed by atoms with Gasteiger partial charge in [-0.1, -0.05) is 30.3 Å². The van der Waals surface area contributed by atoms with Gasteiger partial charge in [-0.05, 0) is 47.7 Å². The van der Waals surface area contributed by atoms with Crippen LogP contribution in [0.5, 0.6) is 11.5 Å². The first-order valence-electron chi connectivity index (χ1n) is 5.88. The van der Waals surface area contributed by atoms with Gasteiger partial charge < -0.3 is 10.2 Å². The molecule has 0 aliphatic rings. The lowest BCUT2D eigenvalue weighted by molar-refractivity contribution is 0.469. The molecule has 2 aromatic rings. The van der Waals surface area contributed by atoms with Crippen LogP contribution in [0.2, 0.25) is 0 Å². The van der Waals surface area contributed by atoms with E-state index in [9.17, 15) is 10.2 Å². The molecule has 0 aliphatic heterocycles. The smallest absolute Gasteiger partial charge is 0.119 e. The van der Waals surface area contributed by atoms with Crippen molar-refractivity contribution >= 4 is 0 Å². The van der Waals surface area contributed by atoms with Crippen LogP contribution in [-0.2, 0) is 12.8 Å². The monoisotopic (exact) mass is 240 g/mol. The molecule has 0 heterocycles. The van der Waals surface area contributed by atoms with Crippen molar-refractivity contribution < 1.29 is 10.2 Å². The van der Waals surface area contributed by atoms with Gasteiger partial charge in [0.15, 0.2) is 0 Å². The third kappa shape index (κ3) is 2.92. The molecular weight excluding hydrogens is 224 g/mol. The molecule has 0 saturated heterocycles. The summed E-state index contributed by atoms with van der Waals surface area (Å²) in [7, 11) is 0. The van der Waals surface area contributed by atoms with E-state index in [1.807, 2.05) is 24.3 Å². The minimum Gasteiger partial charge on any atom is -0.508 e. The average molecular weight is 240 g/mol. The largest absolute Gasteiger partial charge is 0.508 e. The molecule has 0 bridgehead atoms. The van der Waals surface area contributed by atoms with E-state index in [0.29, 0.717) is 12.2 Å². The second-order valence-electron chi connectivity index (χ2n) is 4.30. The third-order valence-corrected chi connectivity index (χ3v) is 2.85. The molecule has 2 heteroatoms. The summed E-state index contributed by atoms with van der Waals surface area (Å²) in [4.78, 5) is 0. The van der Waals surface area contributed by atoms with Gasteiger partial charge in [0, 0.05) is 0 Å². The minimum absolute atomic E-state index is 0.275. The standard InChI is InChI=1S/C16H16O2/c1-2-3-14-11-13(6-9-16(14)18)10-12-4-7-15(17)8-5-12/h2,4-9,11,17-18H,1,3,10H2. The Bertz CT molecular complexity index is 542. The van der Waals surface area contributed by atoms with Crippen LogP contribution in [0.1, 0.15) is 16.7 Å². The van der Waals surface area contributed by atoms with Crippen LogP contribution < -0.4 is 0 Å². The van der Waals surface area contributed by atoms with E-state index in [1.165, 1.54) is 0 Å². The summed E-state index contributed by atoms with van der Waals surface area (Å²) >= 11 is 0. The fourth-order valence-electron chi connectivity index (χ4n) is 1.92. The minimum atomic E-state index is 0.275. The van der Waals surface area contributed by atoms with Crippen molar-refractivity contribution in [2.75, 3.05) is 0 Å². The van der Waals surface area contributed by atoms with Gasteiger partial charge in [0.25, 0.3) is 0 Å². The van der Waals surface area contributed by atoms with Crippen LogP contribution in [0.25, 0.3) is 0 Å². The first kappa shape index (κ1) is 12.2. The lowest BCUT2D eigenvalue weighted by atomic mass is 10.0. The highest BCUT2D eigenvalue weighted by Gasteiger charge is 2.02. The van der Waals surface area contributed by atoms with E-state index in [-0.39, 0.29) is 5.75 Å². The van der Waals surface area contributed by atoms with Gasteiger partial charge in [0.1, 0.15) is 11.5 Å². The number of hydrogen-bond acceptors (Lipinski definition) is 2. The second-order valence-corrected chi connectivity index (χ2v) is 4.30. The molecule has 2 rings (SSSR count). The molecule has 2 nitrogen and oxygen atoms in total. The Kier molecular flexibility index (Phi) is 3.68. The van der Waals surface area contributed by atoms with E-state index in [1.54, 1.807) is 24.3 Å². The SMILES string of the molecule is C=CCc1cc(Cc2ccc(O)cc2)ccc1O. The van der Waals surface area contributed by atoms with Crippen molar-refractivity contribution in [3.63, 3.8) is 0 Å². The highest BCUT2D eigenvalue weighted by Crippen LogP contribution is 2.21. The number of rotatable bonds is 4. The molecular formula is C16H16O2. The molecule has 0 amide bonds. The number of aromatic hydroxyl groups is 2. The van der Waals surface area contributed by atoms with Crippen LogP contribution in [0.3, 0.4) is 0 Å². The Hall–Kier alpha value is -2.22. The van der Waals surface area contributed by atoms with Gasteiger partial charge in [-0.2, -0.15) is 0 Å². The number of phenols is 2. The highest BCUT2D eigenvalue weighted by molar-refractivity contribution is 5.39. The third-order valence-electron chi connectivity index (χ3n) is 2.85. The summed E-state index contributed by atoms with van der Waals surface area (Å²) in [6.45, 7) is 3.68. The maximum absolute atomic E-state index is 9.69. The van der Waals surface area contributed by atoms with Gasteiger partial charge in [0.2, 0.25) is 0 Å². The van der Waals surface area contributed by atoms with Gasteiger partial charge >= 0.3 is 0 Å². The summed E-state index contributed by atoms with van der Waals surface area (Å²) in [5.41, 5.74) is 3.15. The molecule has 0 radical (unpaired) electrons. The first-order chi connectivity index (χ1) is 8.69. The zero-order valence-corrected chi connectivity index (χ0v) is 10.1. The van der Waals surface area contributed by atoms with Gasteiger partial charge in [0.05, 0.1) is 0 Å². The van der Waals surface area contributed by atoms with E-state index in [4.69, 9.17) is 0 Å².